The summed E-state index contributed by atoms with van der Waals surface area (Å²) >= 11 is 0. The summed E-state index contributed by atoms with van der Waals surface area (Å²) in [4.78, 5) is 21.6. The Bertz CT molecular complexity index is 450. The van der Waals surface area contributed by atoms with Crippen molar-refractivity contribution in [3.63, 3.8) is 0 Å². The second-order valence-electron chi connectivity index (χ2n) is 3.17. The molecule has 0 saturated carbocycles. The van der Waals surface area contributed by atoms with Gasteiger partial charge in [0.1, 0.15) is 5.82 Å². The predicted octanol–water partition coefficient (Wildman–Crippen LogP) is 2.13. The number of carbonyl (C=O) groups excluding carboxylic acids is 2. The first-order valence-corrected chi connectivity index (χ1v) is 4.60. The Balaban J connectivity index is 3.21. The number of carbonyl (C=O) groups is 2. The molecule has 16 heavy (non-hydrogen) atoms. The zero-order chi connectivity index (χ0) is 12.1. The molecule has 1 aromatic carbocycles. The number of aldehydes is 1. The van der Waals surface area contributed by atoms with Gasteiger partial charge in [-0.25, -0.2) is 9.18 Å². The minimum atomic E-state index is -0.606. The fourth-order valence-electron chi connectivity index (χ4n) is 1.28. The number of esters is 1. The van der Waals surface area contributed by atoms with Gasteiger partial charge >= 0.3 is 5.97 Å². The van der Waals surface area contributed by atoms with Gasteiger partial charge in [0.25, 0.3) is 0 Å². The average molecular weight is 222 g/mol. The van der Waals surface area contributed by atoms with Gasteiger partial charge in [-0.05, 0) is 30.2 Å². The van der Waals surface area contributed by atoms with Crippen LogP contribution in [0.4, 0.5) is 4.39 Å². The molecule has 0 heterocycles. The summed E-state index contributed by atoms with van der Waals surface area (Å²) in [5, 5.41) is 0. The molecule has 1 rings (SSSR count). The Morgan fingerprint density at radius 2 is 2.06 bits per heavy atom. The van der Waals surface area contributed by atoms with Gasteiger partial charge in [0.2, 0.25) is 0 Å². The molecule has 0 fully saturated rings. The van der Waals surface area contributed by atoms with Gasteiger partial charge < -0.3 is 4.74 Å². The summed E-state index contributed by atoms with van der Waals surface area (Å²) in [6.45, 7) is 1.73. The van der Waals surface area contributed by atoms with Crippen LogP contribution in [-0.2, 0) is 9.53 Å². The third-order valence-corrected chi connectivity index (χ3v) is 2.16. The van der Waals surface area contributed by atoms with E-state index in [0.717, 1.165) is 6.08 Å². The molecule has 0 bridgehead atoms. The number of aryl methyl sites for hydroxylation is 1. The van der Waals surface area contributed by atoms with E-state index in [4.69, 9.17) is 0 Å². The summed E-state index contributed by atoms with van der Waals surface area (Å²) < 4.78 is 17.7. The summed E-state index contributed by atoms with van der Waals surface area (Å²) in [5.74, 6) is -1.16. The van der Waals surface area contributed by atoms with Crippen LogP contribution in [0.5, 0.6) is 0 Å². The van der Waals surface area contributed by atoms with Gasteiger partial charge in [0.15, 0.2) is 6.29 Å². The number of rotatable bonds is 3. The monoisotopic (exact) mass is 222 g/mol. The minimum Gasteiger partial charge on any atom is -0.466 e. The van der Waals surface area contributed by atoms with Gasteiger partial charge in [-0.15, -0.1) is 0 Å². The lowest BCUT2D eigenvalue weighted by Gasteiger charge is -2.04. The van der Waals surface area contributed by atoms with Crippen molar-refractivity contribution in [1.82, 2.24) is 0 Å². The molecule has 0 atom stereocenters. The number of halogens is 1. The maximum Gasteiger partial charge on any atom is 0.330 e. The smallest absolute Gasteiger partial charge is 0.330 e. The number of ether oxygens (including phenoxy) is 1. The highest BCUT2D eigenvalue weighted by Gasteiger charge is 2.08. The van der Waals surface area contributed by atoms with Crippen LogP contribution in [-0.4, -0.2) is 19.4 Å². The van der Waals surface area contributed by atoms with Crippen LogP contribution in [0.25, 0.3) is 6.08 Å². The molecular weight excluding hydrogens is 211 g/mol. The Morgan fingerprint density at radius 1 is 1.38 bits per heavy atom. The van der Waals surface area contributed by atoms with E-state index in [1.165, 1.54) is 19.3 Å². The summed E-state index contributed by atoms with van der Waals surface area (Å²) in [7, 11) is 1.24. The van der Waals surface area contributed by atoms with Crippen LogP contribution >= 0.6 is 0 Å². The summed E-state index contributed by atoms with van der Waals surface area (Å²) in [5.41, 5.74) is 1.05. The van der Waals surface area contributed by atoms with Crippen molar-refractivity contribution in [1.29, 1.82) is 0 Å². The molecule has 0 saturated heterocycles. The van der Waals surface area contributed by atoms with Crippen molar-refractivity contribution in [3.8, 4) is 0 Å². The maximum atomic E-state index is 13.3. The second-order valence-corrected chi connectivity index (χ2v) is 3.17. The van der Waals surface area contributed by atoms with Gasteiger partial charge in [0.05, 0.1) is 12.7 Å². The van der Waals surface area contributed by atoms with Gasteiger partial charge in [-0.3, -0.25) is 4.79 Å². The maximum absolute atomic E-state index is 13.3. The zero-order valence-corrected chi connectivity index (χ0v) is 8.99. The van der Waals surface area contributed by atoms with Crippen LogP contribution in [0.1, 0.15) is 21.5 Å². The Hall–Kier alpha value is -1.97. The van der Waals surface area contributed by atoms with Gasteiger partial charge in [-0.1, -0.05) is 6.07 Å². The molecule has 3 nitrogen and oxygen atoms in total. The molecule has 0 amide bonds. The molecule has 0 aromatic heterocycles. The zero-order valence-electron chi connectivity index (χ0n) is 8.99. The lowest BCUT2D eigenvalue weighted by atomic mass is 10.0. The number of hydrogen-bond acceptors (Lipinski definition) is 3. The number of hydrogen-bond donors (Lipinski definition) is 0. The van der Waals surface area contributed by atoms with E-state index >= 15 is 0 Å². The van der Waals surface area contributed by atoms with E-state index in [-0.39, 0.29) is 5.56 Å². The van der Waals surface area contributed by atoms with Crippen molar-refractivity contribution in [2.75, 3.05) is 7.11 Å². The first-order valence-electron chi connectivity index (χ1n) is 4.60. The molecule has 0 aliphatic rings. The number of methoxy groups -OCH3 is 1. The summed E-state index contributed by atoms with van der Waals surface area (Å²) in [6.07, 6.45) is 2.95. The molecule has 4 heteroatoms. The third-order valence-electron chi connectivity index (χ3n) is 2.16. The number of benzene rings is 1. The molecule has 0 radical (unpaired) electrons. The van der Waals surface area contributed by atoms with Crippen molar-refractivity contribution in [3.05, 3.63) is 40.7 Å². The SMILES string of the molecule is COC(=O)C=Cc1c(C)ccc(F)c1C=O. The highest BCUT2D eigenvalue weighted by Crippen LogP contribution is 2.17. The normalized spacial score (nSPS) is 10.4. The van der Waals surface area contributed by atoms with Gasteiger partial charge in [-0.2, -0.15) is 0 Å². The van der Waals surface area contributed by atoms with Crippen LogP contribution in [0.2, 0.25) is 0 Å². The Labute approximate surface area is 92.5 Å². The standard InChI is InChI=1S/C12H11FO3/c1-8-3-5-11(13)10(7-14)9(8)4-6-12(15)16-2/h3-7H,1-2H3. The van der Waals surface area contributed by atoms with Gasteiger partial charge in [0, 0.05) is 6.08 Å². The first kappa shape index (κ1) is 12.1. The fraction of sp³-hybridized carbons (Fsp3) is 0.167. The fourth-order valence-corrected chi connectivity index (χ4v) is 1.28. The van der Waals surface area contributed by atoms with E-state index in [2.05, 4.69) is 4.74 Å². The van der Waals surface area contributed by atoms with Crippen molar-refractivity contribution >= 4 is 18.3 Å². The van der Waals surface area contributed by atoms with E-state index in [1.807, 2.05) is 0 Å². The molecule has 0 N–H and O–H groups in total. The molecule has 1 aromatic rings. The third kappa shape index (κ3) is 2.53. The van der Waals surface area contributed by atoms with E-state index < -0.39 is 11.8 Å². The first-order chi connectivity index (χ1) is 7.60. The van der Waals surface area contributed by atoms with Crippen LogP contribution in [0, 0.1) is 12.7 Å². The lowest BCUT2D eigenvalue weighted by Crippen LogP contribution is -1.97. The molecule has 0 aliphatic heterocycles. The molecule has 0 unspecified atom stereocenters. The van der Waals surface area contributed by atoms with Crippen molar-refractivity contribution in [2.24, 2.45) is 0 Å². The largest absolute Gasteiger partial charge is 0.466 e. The predicted molar refractivity (Wildman–Crippen MR) is 57.6 cm³/mol. The second kappa shape index (κ2) is 5.21. The van der Waals surface area contributed by atoms with Crippen LogP contribution in [0.15, 0.2) is 18.2 Å². The average Bonchev–Trinajstić information content (AvgIpc) is 2.29. The van der Waals surface area contributed by atoms with Crippen molar-refractivity contribution in [2.45, 2.75) is 6.92 Å². The minimum absolute atomic E-state index is 0.0554. The van der Waals surface area contributed by atoms with Crippen molar-refractivity contribution < 1.29 is 18.7 Å². The summed E-state index contributed by atoms with van der Waals surface area (Å²) in [6, 6.07) is 2.76. The molecular formula is C12H11FO3. The lowest BCUT2D eigenvalue weighted by molar-refractivity contribution is -0.134. The highest BCUT2D eigenvalue weighted by atomic mass is 19.1. The van der Waals surface area contributed by atoms with Crippen LogP contribution < -0.4 is 0 Å². The molecule has 0 aliphatic carbocycles. The van der Waals surface area contributed by atoms with E-state index in [9.17, 15) is 14.0 Å². The Morgan fingerprint density at radius 3 is 2.62 bits per heavy atom. The van der Waals surface area contributed by atoms with E-state index in [1.54, 1.807) is 13.0 Å². The highest BCUT2D eigenvalue weighted by molar-refractivity contribution is 5.90. The topological polar surface area (TPSA) is 43.4 Å². The van der Waals surface area contributed by atoms with Crippen LogP contribution in [0.3, 0.4) is 0 Å². The molecule has 84 valence electrons. The quantitative estimate of drug-likeness (QED) is 0.447. The Kier molecular flexibility index (Phi) is 3.94. The molecule has 0 spiro atoms. The van der Waals surface area contributed by atoms with E-state index in [0.29, 0.717) is 17.4 Å².